The summed E-state index contributed by atoms with van der Waals surface area (Å²) in [5.41, 5.74) is 7.73. The van der Waals surface area contributed by atoms with E-state index in [0.29, 0.717) is 18.3 Å². The molecular weight excluding hydrogens is 202 g/mol. The van der Waals surface area contributed by atoms with Gasteiger partial charge in [0.15, 0.2) is 5.82 Å². The number of aryl methyl sites for hydroxylation is 2. The summed E-state index contributed by atoms with van der Waals surface area (Å²) in [6.45, 7) is 2.51. The maximum absolute atomic E-state index is 5.52. The minimum atomic E-state index is 0.588. The minimum Gasteiger partial charge on any atom is -0.334 e. The topological polar surface area (TPSA) is 64.9 Å². The third-order valence-electron chi connectivity index (χ3n) is 2.43. The Balaban J connectivity index is 2.32. The fraction of sp³-hybridized carbons (Fsp3) is 0.333. The molecule has 4 heteroatoms. The van der Waals surface area contributed by atoms with Crippen LogP contribution in [0.25, 0.3) is 11.5 Å². The van der Waals surface area contributed by atoms with Crippen LogP contribution in [0.3, 0.4) is 0 Å². The van der Waals surface area contributed by atoms with Gasteiger partial charge in [0.05, 0.1) is 0 Å². The third kappa shape index (κ3) is 2.28. The normalized spacial score (nSPS) is 10.6. The van der Waals surface area contributed by atoms with Gasteiger partial charge >= 0.3 is 0 Å². The van der Waals surface area contributed by atoms with E-state index in [1.54, 1.807) is 0 Å². The van der Waals surface area contributed by atoms with E-state index in [4.69, 9.17) is 10.3 Å². The van der Waals surface area contributed by atoms with Gasteiger partial charge < -0.3 is 10.3 Å². The average molecular weight is 217 g/mol. The number of hydrogen-bond acceptors (Lipinski definition) is 4. The summed E-state index contributed by atoms with van der Waals surface area (Å²) in [4.78, 5) is 4.24. The van der Waals surface area contributed by atoms with Gasteiger partial charge in [-0.15, -0.1) is 0 Å². The molecule has 0 unspecified atom stereocenters. The molecule has 16 heavy (non-hydrogen) atoms. The van der Waals surface area contributed by atoms with Gasteiger partial charge in [-0.05, 0) is 37.9 Å². The van der Waals surface area contributed by atoms with Crippen molar-refractivity contribution in [2.45, 2.75) is 19.8 Å². The largest absolute Gasteiger partial charge is 0.334 e. The van der Waals surface area contributed by atoms with Crippen molar-refractivity contribution in [3.05, 3.63) is 35.7 Å². The van der Waals surface area contributed by atoms with E-state index < -0.39 is 0 Å². The molecule has 2 aromatic rings. The van der Waals surface area contributed by atoms with Gasteiger partial charge in [0.25, 0.3) is 5.89 Å². The number of nitrogens with zero attached hydrogens (tertiary/aromatic N) is 2. The van der Waals surface area contributed by atoms with Crippen LogP contribution in [0.1, 0.15) is 17.8 Å². The highest BCUT2D eigenvalue weighted by Gasteiger charge is 2.10. The molecule has 1 aromatic heterocycles. The molecule has 0 saturated carbocycles. The third-order valence-corrected chi connectivity index (χ3v) is 2.43. The maximum atomic E-state index is 5.52. The number of nitrogens with two attached hydrogens (primary N) is 1. The van der Waals surface area contributed by atoms with E-state index in [2.05, 4.69) is 16.2 Å². The van der Waals surface area contributed by atoms with Crippen LogP contribution in [-0.4, -0.2) is 16.7 Å². The van der Waals surface area contributed by atoms with Gasteiger partial charge in [0.2, 0.25) is 0 Å². The Morgan fingerprint density at radius 1 is 1.31 bits per heavy atom. The lowest BCUT2D eigenvalue weighted by atomic mass is 10.0. The minimum absolute atomic E-state index is 0.588. The van der Waals surface area contributed by atoms with E-state index in [1.165, 1.54) is 5.56 Å². The Bertz CT molecular complexity index is 465. The highest BCUT2D eigenvalue weighted by molar-refractivity contribution is 5.58. The van der Waals surface area contributed by atoms with Crippen LogP contribution in [0.2, 0.25) is 0 Å². The molecule has 0 fully saturated rings. The van der Waals surface area contributed by atoms with Gasteiger partial charge in [-0.2, -0.15) is 4.98 Å². The van der Waals surface area contributed by atoms with Crippen LogP contribution >= 0.6 is 0 Å². The first kappa shape index (κ1) is 10.8. The van der Waals surface area contributed by atoms with Crippen molar-refractivity contribution >= 4 is 0 Å². The molecule has 1 aromatic carbocycles. The van der Waals surface area contributed by atoms with Crippen molar-refractivity contribution in [3.8, 4) is 11.5 Å². The molecule has 0 saturated heterocycles. The second kappa shape index (κ2) is 4.90. The van der Waals surface area contributed by atoms with Crippen LogP contribution in [0.4, 0.5) is 0 Å². The predicted molar refractivity (Wildman–Crippen MR) is 61.8 cm³/mol. The van der Waals surface area contributed by atoms with Gasteiger partial charge in [-0.3, -0.25) is 0 Å². The fourth-order valence-electron chi connectivity index (χ4n) is 1.65. The van der Waals surface area contributed by atoms with Gasteiger partial charge in [0.1, 0.15) is 0 Å². The number of aromatic nitrogens is 2. The van der Waals surface area contributed by atoms with Crippen molar-refractivity contribution < 1.29 is 4.52 Å². The van der Waals surface area contributed by atoms with Crippen molar-refractivity contribution in [2.24, 2.45) is 5.73 Å². The van der Waals surface area contributed by atoms with E-state index in [-0.39, 0.29) is 0 Å². The zero-order valence-corrected chi connectivity index (χ0v) is 9.31. The first-order valence-electron chi connectivity index (χ1n) is 5.40. The zero-order valence-electron chi connectivity index (χ0n) is 9.31. The van der Waals surface area contributed by atoms with Gasteiger partial charge in [-0.1, -0.05) is 23.4 Å². The van der Waals surface area contributed by atoms with Crippen LogP contribution < -0.4 is 5.73 Å². The van der Waals surface area contributed by atoms with E-state index >= 15 is 0 Å². The van der Waals surface area contributed by atoms with Crippen molar-refractivity contribution in [2.75, 3.05) is 6.54 Å². The molecule has 2 N–H and O–H groups in total. The molecule has 2 rings (SSSR count). The first-order chi connectivity index (χ1) is 7.81. The monoisotopic (exact) mass is 217 g/mol. The summed E-state index contributed by atoms with van der Waals surface area (Å²) in [5, 5.41) is 3.80. The molecule has 1 heterocycles. The number of rotatable bonds is 4. The summed E-state index contributed by atoms with van der Waals surface area (Å²) in [6.07, 6.45) is 1.90. The summed E-state index contributed by atoms with van der Waals surface area (Å²) >= 11 is 0. The lowest BCUT2D eigenvalue weighted by molar-refractivity contribution is 0.425. The standard InChI is InChI=1S/C12H15N3O/c1-9-14-12(16-15-9)11-7-3-2-5-10(11)6-4-8-13/h2-3,5,7H,4,6,8,13H2,1H3. The lowest BCUT2D eigenvalue weighted by Crippen LogP contribution is -2.01. The van der Waals surface area contributed by atoms with Crippen LogP contribution in [0, 0.1) is 6.92 Å². The van der Waals surface area contributed by atoms with Crippen molar-refractivity contribution in [3.63, 3.8) is 0 Å². The Hall–Kier alpha value is -1.68. The second-order valence-electron chi connectivity index (χ2n) is 3.70. The SMILES string of the molecule is Cc1noc(-c2ccccc2CCCN)n1. The number of hydrogen-bond donors (Lipinski definition) is 1. The molecule has 0 aliphatic heterocycles. The number of benzene rings is 1. The molecule has 0 amide bonds. The highest BCUT2D eigenvalue weighted by Crippen LogP contribution is 2.22. The van der Waals surface area contributed by atoms with Gasteiger partial charge in [0, 0.05) is 5.56 Å². The Labute approximate surface area is 94.5 Å². The summed E-state index contributed by atoms with van der Waals surface area (Å²) in [7, 11) is 0. The van der Waals surface area contributed by atoms with Crippen LogP contribution in [-0.2, 0) is 6.42 Å². The van der Waals surface area contributed by atoms with Crippen molar-refractivity contribution in [1.82, 2.24) is 10.1 Å². The molecule has 0 radical (unpaired) electrons. The fourth-order valence-corrected chi connectivity index (χ4v) is 1.65. The first-order valence-corrected chi connectivity index (χ1v) is 5.40. The molecular formula is C12H15N3O. The van der Waals surface area contributed by atoms with Crippen LogP contribution in [0.15, 0.2) is 28.8 Å². The molecule has 4 nitrogen and oxygen atoms in total. The van der Waals surface area contributed by atoms with E-state index in [9.17, 15) is 0 Å². The molecule has 0 aliphatic rings. The van der Waals surface area contributed by atoms with E-state index in [0.717, 1.165) is 18.4 Å². The zero-order chi connectivity index (χ0) is 11.4. The Morgan fingerprint density at radius 3 is 2.81 bits per heavy atom. The van der Waals surface area contributed by atoms with Gasteiger partial charge in [-0.25, -0.2) is 0 Å². The second-order valence-corrected chi connectivity index (χ2v) is 3.70. The maximum Gasteiger partial charge on any atom is 0.258 e. The molecule has 0 aliphatic carbocycles. The summed E-state index contributed by atoms with van der Waals surface area (Å²) in [5.74, 6) is 1.24. The Kier molecular flexibility index (Phi) is 3.31. The summed E-state index contributed by atoms with van der Waals surface area (Å²) < 4.78 is 5.18. The highest BCUT2D eigenvalue weighted by atomic mass is 16.5. The average Bonchev–Trinajstić information content (AvgIpc) is 2.73. The quantitative estimate of drug-likeness (QED) is 0.849. The van der Waals surface area contributed by atoms with E-state index in [1.807, 2.05) is 25.1 Å². The molecule has 0 bridgehead atoms. The Morgan fingerprint density at radius 2 is 2.12 bits per heavy atom. The molecule has 0 atom stereocenters. The van der Waals surface area contributed by atoms with Crippen molar-refractivity contribution in [1.29, 1.82) is 0 Å². The predicted octanol–water partition coefficient (Wildman–Crippen LogP) is 1.94. The molecule has 0 spiro atoms. The smallest absolute Gasteiger partial charge is 0.258 e. The van der Waals surface area contributed by atoms with Crippen LogP contribution in [0.5, 0.6) is 0 Å². The summed E-state index contributed by atoms with van der Waals surface area (Å²) in [6, 6.07) is 8.06. The molecule has 84 valence electrons. The lowest BCUT2D eigenvalue weighted by Gasteiger charge is -2.04.